The lowest BCUT2D eigenvalue weighted by atomic mass is 10.1. The van der Waals surface area contributed by atoms with Gasteiger partial charge < -0.3 is 9.80 Å². The van der Waals surface area contributed by atoms with E-state index in [9.17, 15) is 0 Å². The van der Waals surface area contributed by atoms with Crippen molar-refractivity contribution in [2.45, 2.75) is 0 Å². The summed E-state index contributed by atoms with van der Waals surface area (Å²) in [6.45, 7) is 0.721. The van der Waals surface area contributed by atoms with Gasteiger partial charge in [0.05, 0.1) is 22.4 Å². The lowest BCUT2D eigenvalue weighted by Crippen LogP contribution is -2.74. The topological polar surface area (TPSA) is 24.3 Å². The molecular formula is C54H40N4Si. The summed E-state index contributed by atoms with van der Waals surface area (Å²) in [6, 6.07) is 82.2. The van der Waals surface area contributed by atoms with Crippen LogP contribution in [0.1, 0.15) is 0 Å². The molecule has 2 aromatic heterocycles. The Morgan fingerprint density at radius 3 is 1.63 bits per heavy atom. The van der Waals surface area contributed by atoms with Crippen LogP contribution < -0.4 is 30.5 Å². The molecule has 8 aromatic carbocycles. The molecule has 59 heavy (non-hydrogen) atoms. The zero-order valence-electron chi connectivity index (χ0n) is 32.4. The first kappa shape index (κ1) is 34.7. The van der Waals surface area contributed by atoms with Crippen LogP contribution in [0.3, 0.4) is 0 Å². The summed E-state index contributed by atoms with van der Waals surface area (Å²) in [7, 11) is -2.98. The van der Waals surface area contributed by atoms with Crippen LogP contribution in [-0.4, -0.2) is 24.3 Å². The SMILES string of the molecule is c1ccc(-c2ccnc(-n3c4ccccc4c4ccc([Si](c5ccccc5)(c5ccccc5)c5cccc(N6CN(c7ccccc7)c7ccccc76)c5)cc43)c2)cc1. The van der Waals surface area contributed by atoms with E-state index in [1.165, 1.54) is 59.8 Å². The van der Waals surface area contributed by atoms with Crippen LogP contribution in [-0.2, 0) is 0 Å². The second-order valence-corrected chi connectivity index (χ2v) is 19.0. The third kappa shape index (κ3) is 5.78. The standard InChI is InChI=1S/C54H40N4Si/c1-5-18-40(19-6-1)41-34-35-55-54(36-41)58-50-29-14-13-28-48(50)49-33-32-47(38-53(49)58)59(44-23-9-3-10-24-44,45-25-11-4-12-26-45)46-27-17-22-43(37-46)57-39-56(42-20-7-2-8-21-42)51-30-15-16-31-52(51)57/h1-38H,39H2. The summed E-state index contributed by atoms with van der Waals surface area (Å²) in [5.74, 6) is 0.902. The molecule has 1 aliphatic rings. The second kappa shape index (κ2) is 14.5. The number of benzene rings is 8. The van der Waals surface area contributed by atoms with Crippen LogP contribution in [0.4, 0.5) is 22.7 Å². The number of nitrogens with zero attached hydrogens (tertiary/aromatic N) is 4. The lowest BCUT2D eigenvalue weighted by Gasteiger charge is -2.35. The fraction of sp³-hybridized carbons (Fsp3) is 0.0185. The van der Waals surface area contributed by atoms with Gasteiger partial charge in [-0.15, -0.1) is 0 Å². The Morgan fingerprint density at radius 1 is 0.373 bits per heavy atom. The smallest absolute Gasteiger partial charge is 0.179 e. The van der Waals surface area contributed by atoms with Gasteiger partial charge in [0.2, 0.25) is 0 Å². The third-order valence-electron chi connectivity index (χ3n) is 12.0. The van der Waals surface area contributed by atoms with Gasteiger partial charge in [0, 0.05) is 28.3 Å². The monoisotopic (exact) mass is 772 g/mol. The molecule has 0 saturated heterocycles. The Bertz CT molecular complexity index is 3050. The summed E-state index contributed by atoms with van der Waals surface area (Å²) < 4.78 is 2.37. The Morgan fingerprint density at radius 2 is 0.915 bits per heavy atom. The highest BCUT2D eigenvalue weighted by atomic mass is 28.3. The van der Waals surface area contributed by atoms with Crippen molar-refractivity contribution in [1.82, 2.24) is 9.55 Å². The average Bonchev–Trinajstić information content (AvgIpc) is 3.87. The van der Waals surface area contributed by atoms with Gasteiger partial charge >= 0.3 is 0 Å². The van der Waals surface area contributed by atoms with Crippen molar-refractivity contribution < 1.29 is 0 Å². The number of aromatic nitrogens is 2. The summed E-state index contributed by atoms with van der Waals surface area (Å²) in [4.78, 5) is 9.92. The first-order chi connectivity index (χ1) is 29.3. The van der Waals surface area contributed by atoms with E-state index in [0.717, 1.165) is 29.1 Å². The molecule has 0 fully saturated rings. The Balaban J connectivity index is 1.15. The predicted octanol–water partition coefficient (Wildman–Crippen LogP) is 10.5. The van der Waals surface area contributed by atoms with Gasteiger partial charge in [-0.3, -0.25) is 4.57 Å². The van der Waals surface area contributed by atoms with E-state index in [2.05, 4.69) is 239 Å². The molecule has 280 valence electrons. The molecule has 0 aliphatic carbocycles. The minimum atomic E-state index is -2.98. The van der Waals surface area contributed by atoms with Crippen LogP contribution in [0.5, 0.6) is 0 Å². The first-order valence-corrected chi connectivity index (χ1v) is 22.2. The van der Waals surface area contributed by atoms with Crippen LogP contribution >= 0.6 is 0 Å². The van der Waals surface area contributed by atoms with Crippen LogP contribution in [0.25, 0.3) is 38.8 Å². The van der Waals surface area contributed by atoms with E-state index in [-0.39, 0.29) is 0 Å². The molecule has 1 aliphatic heterocycles. The number of rotatable bonds is 8. The van der Waals surface area contributed by atoms with Crippen molar-refractivity contribution in [1.29, 1.82) is 0 Å². The van der Waals surface area contributed by atoms with Crippen LogP contribution in [0, 0.1) is 0 Å². The van der Waals surface area contributed by atoms with Gasteiger partial charge in [-0.05, 0) is 92.5 Å². The number of fused-ring (bicyclic) bond motifs is 4. The molecule has 10 aromatic rings. The summed E-state index contributed by atoms with van der Waals surface area (Å²) in [6.07, 6.45) is 1.94. The summed E-state index contributed by atoms with van der Waals surface area (Å²) >= 11 is 0. The van der Waals surface area contributed by atoms with E-state index in [1.807, 2.05) is 6.20 Å². The highest BCUT2D eigenvalue weighted by molar-refractivity contribution is 7.20. The van der Waals surface area contributed by atoms with Crippen molar-refractivity contribution in [2.24, 2.45) is 0 Å². The minimum Gasteiger partial charge on any atom is -0.321 e. The molecule has 3 heterocycles. The Labute approximate surface area is 345 Å². The highest BCUT2D eigenvalue weighted by Gasteiger charge is 2.42. The van der Waals surface area contributed by atoms with E-state index in [4.69, 9.17) is 4.98 Å². The van der Waals surface area contributed by atoms with E-state index in [0.29, 0.717) is 0 Å². The van der Waals surface area contributed by atoms with E-state index in [1.54, 1.807) is 0 Å². The molecule has 0 unspecified atom stereocenters. The molecule has 0 bridgehead atoms. The molecule has 0 N–H and O–H groups in total. The fourth-order valence-corrected chi connectivity index (χ4v) is 14.1. The van der Waals surface area contributed by atoms with Gasteiger partial charge in [0.15, 0.2) is 8.07 Å². The maximum absolute atomic E-state index is 5.04. The molecule has 0 radical (unpaired) electrons. The fourth-order valence-electron chi connectivity index (χ4n) is 9.35. The Hall–Kier alpha value is -7.47. The number of anilines is 4. The van der Waals surface area contributed by atoms with Gasteiger partial charge in [-0.25, -0.2) is 4.98 Å². The Kier molecular flexibility index (Phi) is 8.53. The van der Waals surface area contributed by atoms with Crippen molar-refractivity contribution in [2.75, 3.05) is 16.5 Å². The maximum Gasteiger partial charge on any atom is 0.179 e. The van der Waals surface area contributed by atoms with Crippen LogP contribution in [0.15, 0.2) is 231 Å². The lowest BCUT2D eigenvalue weighted by molar-refractivity contribution is 0.992. The second-order valence-electron chi connectivity index (χ2n) is 15.2. The van der Waals surface area contributed by atoms with Gasteiger partial charge in [-0.2, -0.15) is 0 Å². The van der Waals surface area contributed by atoms with Crippen molar-refractivity contribution in [3.8, 4) is 16.9 Å². The van der Waals surface area contributed by atoms with Gasteiger partial charge in [0.25, 0.3) is 0 Å². The zero-order chi connectivity index (χ0) is 39.2. The van der Waals surface area contributed by atoms with E-state index < -0.39 is 8.07 Å². The summed E-state index contributed by atoms with van der Waals surface area (Å²) in [5.41, 5.74) is 9.37. The molecule has 4 nitrogen and oxygen atoms in total. The average molecular weight is 773 g/mol. The molecule has 0 amide bonds. The maximum atomic E-state index is 5.04. The van der Waals surface area contributed by atoms with Gasteiger partial charge in [0.1, 0.15) is 12.5 Å². The van der Waals surface area contributed by atoms with Gasteiger partial charge in [-0.1, -0.05) is 164 Å². The molecule has 0 saturated carbocycles. The quantitative estimate of drug-likeness (QED) is 0.114. The molecule has 11 rings (SSSR count). The van der Waals surface area contributed by atoms with E-state index >= 15 is 0 Å². The number of para-hydroxylation sites is 4. The number of pyridine rings is 1. The zero-order valence-corrected chi connectivity index (χ0v) is 33.4. The molecule has 0 spiro atoms. The number of hydrogen-bond donors (Lipinski definition) is 0. The molecule has 5 heteroatoms. The normalized spacial score (nSPS) is 12.6. The van der Waals surface area contributed by atoms with Crippen LogP contribution in [0.2, 0.25) is 0 Å². The van der Waals surface area contributed by atoms with Crippen molar-refractivity contribution in [3.05, 3.63) is 231 Å². The first-order valence-electron chi connectivity index (χ1n) is 20.2. The van der Waals surface area contributed by atoms with Crippen molar-refractivity contribution >= 4 is 73.4 Å². The largest absolute Gasteiger partial charge is 0.321 e. The third-order valence-corrected chi connectivity index (χ3v) is 16.8. The highest BCUT2D eigenvalue weighted by Crippen LogP contribution is 2.44. The molecule has 0 atom stereocenters. The predicted molar refractivity (Wildman–Crippen MR) is 250 cm³/mol. The van der Waals surface area contributed by atoms with Crippen molar-refractivity contribution in [3.63, 3.8) is 0 Å². The number of hydrogen-bond acceptors (Lipinski definition) is 3. The summed E-state index contributed by atoms with van der Waals surface area (Å²) in [5, 5.41) is 7.74. The minimum absolute atomic E-state index is 0.721. The molecular weight excluding hydrogens is 733 g/mol.